The molecule has 1 heterocycles. The molecule has 7 heteroatoms. The van der Waals surface area contributed by atoms with Gasteiger partial charge in [0.15, 0.2) is 5.82 Å². The number of anilines is 1. The Morgan fingerprint density at radius 3 is 2.80 bits per heavy atom. The number of nitrogens with one attached hydrogen (secondary N) is 1. The molecule has 0 saturated heterocycles. The van der Waals surface area contributed by atoms with Crippen LogP contribution in [0.1, 0.15) is 19.8 Å². The second-order valence-electron chi connectivity index (χ2n) is 3.63. The molecule has 2 rings (SSSR count). The summed E-state index contributed by atoms with van der Waals surface area (Å²) in [7, 11) is -3.48. The van der Waals surface area contributed by atoms with Crippen molar-refractivity contribution in [3.05, 3.63) is 6.20 Å². The zero-order valence-electron chi connectivity index (χ0n) is 8.47. The fraction of sp³-hybridized carbons (Fsp3) is 0.625. The molecule has 0 spiro atoms. The average Bonchev–Trinajstić information content (AvgIpc) is 2.85. The van der Waals surface area contributed by atoms with E-state index in [0.29, 0.717) is 6.54 Å². The van der Waals surface area contributed by atoms with Crippen molar-refractivity contribution in [3.8, 4) is 0 Å². The van der Waals surface area contributed by atoms with Gasteiger partial charge >= 0.3 is 0 Å². The predicted octanol–water partition coefficient (Wildman–Crippen LogP) is -0.0741. The number of nitrogens with zero attached hydrogens (tertiary/aromatic N) is 2. The molecule has 1 aliphatic rings. The van der Waals surface area contributed by atoms with Gasteiger partial charge in [-0.25, -0.2) is 13.1 Å². The van der Waals surface area contributed by atoms with Crippen LogP contribution in [0.15, 0.2) is 11.1 Å². The third-order valence-corrected chi connectivity index (χ3v) is 3.80. The Hall–Kier alpha value is -1.08. The third-order valence-electron chi connectivity index (χ3n) is 2.27. The van der Waals surface area contributed by atoms with E-state index in [1.165, 1.54) is 10.9 Å². The smallest absolute Gasteiger partial charge is 0.246 e. The Morgan fingerprint density at radius 1 is 1.67 bits per heavy atom. The van der Waals surface area contributed by atoms with Crippen molar-refractivity contribution in [3.63, 3.8) is 0 Å². The van der Waals surface area contributed by atoms with Gasteiger partial charge in [-0.05, 0) is 19.8 Å². The molecule has 0 amide bonds. The van der Waals surface area contributed by atoms with Crippen LogP contribution in [-0.4, -0.2) is 24.2 Å². The van der Waals surface area contributed by atoms with Gasteiger partial charge in [-0.15, -0.1) is 0 Å². The first-order valence-electron chi connectivity index (χ1n) is 4.88. The molecule has 3 N–H and O–H groups in total. The van der Waals surface area contributed by atoms with E-state index in [4.69, 9.17) is 5.73 Å². The standard InChI is InChI=1S/C8H14N4O2S/c1-2-12-5-7(8(9)10-12)15(13,14)11-6-3-4-6/h5-6,11H,2-4H2,1H3,(H2,9,10). The number of aryl methyl sites for hydroxylation is 1. The lowest BCUT2D eigenvalue weighted by Crippen LogP contribution is -2.26. The topological polar surface area (TPSA) is 90.0 Å². The van der Waals surface area contributed by atoms with Gasteiger partial charge in [0.2, 0.25) is 10.0 Å². The molecular formula is C8H14N4O2S. The zero-order chi connectivity index (χ0) is 11.1. The number of hydrogen-bond donors (Lipinski definition) is 2. The number of nitrogens with two attached hydrogens (primary N) is 1. The van der Waals surface area contributed by atoms with Gasteiger partial charge in [-0.3, -0.25) is 4.68 Å². The normalized spacial score (nSPS) is 16.9. The van der Waals surface area contributed by atoms with Gasteiger partial charge in [-0.1, -0.05) is 0 Å². The number of nitrogen functional groups attached to an aromatic ring is 1. The summed E-state index contributed by atoms with van der Waals surface area (Å²) in [4.78, 5) is 0.0799. The van der Waals surface area contributed by atoms with E-state index in [-0.39, 0.29) is 16.8 Å². The molecule has 1 saturated carbocycles. The van der Waals surface area contributed by atoms with E-state index < -0.39 is 10.0 Å². The molecule has 0 aromatic carbocycles. The Morgan fingerprint density at radius 2 is 2.33 bits per heavy atom. The lowest BCUT2D eigenvalue weighted by molar-refractivity contribution is 0.581. The first kappa shape index (κ1) is 10.4. The monoisotopic (exact) mass is 230 g/mol. The van der Waals surface area contributed by atoms with Gasteiger partial charge in [0.25, 0.3) is 0 Å². The Kier molecular flexibility index (Phi) is 2.43. The third kappa shape index (κ3) is 2.13. The summed E-state index contributed by atoms with van der Waals surface area (Å²) < 4.78 is 27.7. The van der Waals surface area contributed by atoms with Crippen molar-refractivity contribution in [1.82, 2.24) is 14.5 Å². The molecule has 1 aromatic rings. The maximum absolute atomic E-state index is 11.8. The van der Waals surface area contributed by atoms with Crippen LogP contribution < -0.4 is 10.5 Å². The Labute approximate surface area is 88.5 Å². The highest BCUT2D eigenvalue weighted by molar-refractivity contribution is 7.89. The number of sulfonamides is 1. The summed E-state index contributed by atoms with van der Waals surface area (Å²) >= 11 is 0. The van der Waals surface area contributed by atoms with Crippen LogP contribution in [0, 0.1) is 0 Å². The summed E-state index contributed by atoms with van der Waals surface area (Å²) in [5.74, 6) is 0.0602. The minimum atomic E-state index is -3.48. The van der Waals surface area contributed by atoms with Crippen LogP contribution in [-0.2, 0) is 16.6 Å². The summed E-state index contributed by atoms with van der Waals surface area (Å²) in [5.41, 5.74) is 5.55. The van der Waals surface area contributed by atoms with Crippen LogP contribution >= 0.6 is 0 Å². The molecule has 84 valence electrons. The first-order chi connectivity index (χ1) is 7.03. The summed E-state index contributed by atoms with van der Waals surface area (Å²) in [5, 5.41) is 3.90. The van der Waals surface area contributed by atoms with E-state index in [0.717, 1.165) is 12.8 Å². The van der Waals surface area contributed by atoms with E-state index in [2.05, 4.69) is 9.82 Å². The summed E-state index contributed by atoms with van der Waals surface area (Å²) in [6, 6.07) is 0.0828. The van der Waals surface area contributed by atoms with Crippen molar-refractivity contribution in [1.29, 1.82) is 0 Å². The first-order valence-corrected chi connectivity index (χ1v) is 6.36. The van der Waals surface area contributed by atoms with Crippen molar-refractivity contribution in [2.75, 3.05) is 5.73 Å². The second kappa shape index (κ2) is 3.49. The molecule has 1 aliphatic carbocycles. The van der Waals surface area contributed by atoms with E-state index in [9.17, 15) is 8.42 Å². The molecule has 15 heavy (non-hydrogen) atoms. The van der Waals surface area contributed by atoms with Crippen LogP contribution in [0.3, 0.4) is 0 Å². The highest BCUT2D eigenvalue weighted by Gasteiger charge is 2.30. The minimum Gasteiger partial charge on any atom is -0.381 e. The maximum Gasteiger partial charge on any atom is 0.246 e. The van der Waals surface area contributed by atoms with Crippen LogP contribution in [0.25, 0.3) is 0 Å². The summed E-state index contributed by atoms with van der Waals surface area (Å²) in [6.45, 7) is 2.47. The van der Waals surface area contributed by atoms with Crippen LogP contribution in [0.2, 0.25) is 0 Å². The molecule has 0 radical (unpaired) electrons. The lowest BCUT2D eigenvalue weighted by atomic mass is 10.6. The molecule has 6 nitrogen and oxygen atoms in total. The fourth-order valence-electron chi connectivity index (χ4n) is 1.27. The van der Waals surface area contributed by atoms with Crippen molar-refractivity contribution >= 4 is 15.8 Å². The quantitative estimate of drug-likeness (QED) is 0.757. The van der Waals surface area contributed by atoms with Crippen molar-refractivity contribution in [2.24, 2.45) is 0 Å². The molecular weight excluding hydrogens is 216 g/mol. The summed E-state index contributed by atoms with van der Waals surface area (Å²) in [6.07, 6.45) is 3.27. The van der Waals surface area contributed by atoms with Crippen LogP contribution in [0.4, 0.5) is 5.82 Å². The molecule has 1 aromatic heterocycles. The highest BCUT2D eigenvalue weighted by Crippen LogP contribution is 2.23. The number of hydrogen-bond acceptors (Lipinski definition) is 4. The van der Waals surface area contributed by atoms with Crippen molar-refractivity contribution in [2.45, 2.75) is 37.2 Å². The predicted molar refractivity (Wildman–Crippen MR) is 55.7 cm³/mol. The van der Waals surface area contributed by atoms with Crippen molar-refractivity contribution < 1.29 is 8.42 Å². The van der Waals surface area contributed by atoms with Gasteiger partial charge in [0.1, 0.15) is 4.90 Å². The molecule has 0 unspecified atom stereocenters. The van der Waals surface area contributed by atoms with Gasteiger partial charge < -0.3 is 5.73 Å². The maximum atomic E-state index is 11.8. The highest BCUT2D eigenvalue weighted by atomic mass is 32.2. The molecule has 1 fully saturated rings. The number of rotatable bonds is 4. The largest absolute Gasteiger partial charge is 0.381 e. The fourth-order valence-corrected chi connectivity index (χ4v) is 2.65. The zero-order valence-corrected chi connectivity index (χ0v) is 9.29. The lowest BCUT2D eigenvalue weighted by Gasteiger charge is -2.02. The van der Waals surface area contributed by atoms with Gasteiger partial charge in [-0.2, -0.15) is 5.10 Å². The molecule has 0 bridgehead atoms. The van der Waals surface area contributed by atoms with E-state index in [1.54, 1.807) is 0 Å². The SMILES string of the molecule is CCn1cc(S(=O)(=O)NC2CC2)c(N)n1. The van der Waals surface area contributed by atoms with E-state index >= 15 is 0 Å². The molecule has 0 atom stereocenters. The van der Waals surface area contributed by atoms with Gasteiger partial charge in [0.05, 0.1) is 0 Å². The average molecular weight is 230 g/mol. The van der Waals surface area contributed by atoms with E-state index in [1.807, 2.05) is 6.92 Å². The minimum absolute atomic E-state index is 0.0602. The van der Waals surface area contributed by atoms with Gasteiger partial charge in [0, 0.05) is 18.8 Å². The second-order valence-corrected chi connectivity index (χ2v) is 5.31. The molecule has 0 aliphatic heterocycles. The number of aromatic nitrogens is 2. The Bertz CT molecular complexity index is 461. The Balaban J connectivity index is 2.30. The van der Waals surface area contributed by atoms with Crippen LogP contribution in [0.5, 0.6) is 0 Å².